The van der Waals surface area contributed by atoms with E-state index in [0.29, 0.717) is 6.61 Å². The van der Waals surface area contributed by atoms with Crippen molar-refractivity contribution < 1.29 is 14.6 Å². The summed E-state index contributed by atoms with van der Waals surface area (Å²) in [7, 11) is 0. The summed E-state index contributed by atoms with van der Waals surface area (Å²) in [6.45, 7) is 3.96. The lowest BCUT2D eigenvalue weighted by molar-refractivity contribution is -0.118. The molecule has 13 heavy (non-hydrogen) atoms. The summed E-state index contributed by atoms with van der Waals surface area (Å²) >= 11 is 0. The van der Waals surface area contributed by atoms with Crippen molar-refractivity contribution in [3.8, 4) is 0 Å². The average molecular weight is 185 g/mol. The van der Waals surface area contributed by atoms with Crippen LogP contribution in [0.25, 0.3) is 0 Å². The predicted octanol–water partition coefficient (Wildman–Crippen LogP) is -0.172. The summed E-state index contributed by atoms with van der Waals surface area (Å²) in [6, 6.07) is -0.298. The Bertz CT molecular complexity index is 187. The van der Waals surface area contributed by atoms with Crippen LogP contribution in [0.15, 0.2) is 12.7 Å². The highest BCUT2D eigenvalue weighted by molar-refractivity contribution is 5.87. The topological polar surface area (TPSA) is 58.6 Å². The molecule has 0 aromatic rings. The van der Waals surface area contributed by atoms with Crippen LogP contribution >= 0.6 is 0 Å². The first-order chi connectivity index (χ1) is 6.27. The van der Waals surface area contributed by atoms with Gasteiger partial charge in [0.1, 0.15) is 0 Å². The maximum absolute atomic E-state index is 10.9. The largest absolute Gasteiger partial charge is 0.394 e. The summed E-state index contributed by atoms with van der Waals surface area (Å²) < 4.78 is 5.34. The number of aliphatic hydroxyl groups excluding tert-OH is 1. The molecule has 0 radical (unpaired) electrons. The van der Waals surface area contributed by atoms with Crippen LogP contribution in [0.3, 0.4) is 0 Å². The molecule has 74 valence electrons. The number of hydrogen-bond donors (Lipinski definition) is 2. The molecule has 0 unspecified atom stereocenters. The number of aliphatic hydroxyl groups is 1. The molecule has 2 atom stereocenters. The van der Waals surface area contributed by atoms with Crippen LogP contribution < -0.4 is 5.32 Å². The molecule has 1 heterocycles. The van der Waals surface area contributed by atoms with E-state index in [-0.39, 0.29) is 24.7 Å². The molecule has 1 amide bonds. The number of carbonyl (C=O) groups excluding carboxylic acids is 1. The van der Waals surface area contributed by atoms with Crippen LogP contribution in [0.1, 0.15) is 12.8 Å². The average Bonchev–Trinajstić information content (AvgIpc) is 2.66. The van der Waals surface area contributed by atoms with Crippen LogP contribution in [0.5, 0.6) is 0 Å². The van der Waals surface area contributed by atoms with Gasteiger partial charge in [-0.05, 0) is 18.9 Å². The van der Waals surface area contributed by atoms with Crippen molar-refractivity contribution >= 4 is 5.91 Å². The Balaban J connectivity index is 2.41. The molecule has 1 aliphatic rings. The molecular weight excluding hydrogens is 170 g/mol. The minimum absolute atomic E-state index is 0.0473. The lowest BCUT2D eigenvalue weighted by Gasteiger charge is -2.21. The van der Waals surface area contributed by atoms with Crippen LogP contribution in [0, 0.1) is 0 Å². The Labute approximate surface area is 77.6 Å². The Morgan fingerprint density at radius 1 is 1.85 bits per heavy atom. The third-order valence-corrected chi connectivity index (χ3v) is 2.12. The van der Waals surface area contributed by atoms with Crippen LogP contribution in [-0.2, 0) is 9.53 Å². The van der Waals surface area contributed by atoms with E-state index < -0.39 is 0 Å². The van der Waals surface area contributed by atoms with Gasteiger partial charge in [-0.25, -0.2) is 0 Å². The SMILES string of the molecule is C=CC(=O)N[C@@H](CO)[C@@H]1CCCO1. The van der Waals surface area contributed by atoms with Crippen molar-refractivity contribution in [2.45, 2.75) is 25.0 Å². The van der Waals surface area contributed by atoms with Gasteiger partial charge in [-0.2, -0.15) is 0 Å². The number of amides is 1. The first kappa shape index (κ1) is 10.2. The third-order valence-electron chi connectivity index (χ3n) is 2.12. The number of ether oxygens (including phenoxy) is 1. The van der Waals surface area contributed by atoms with Gasteiger partial charge in [0.2, 0.25) is 5.91 Å². The molecule has 0 spiro atoms. The maximum Gasteiger partial charge on any atom is 0.243 e. The normalized spacial score (nSPS) is 23.9. The van der Waals surface area contributed by atoms with E-state index in [9.17, 15) is 4.79 Å². The quantitative estimate of drug-likeness (QED) is 0.598. The van der Waals surface area contributed by atoms with Gasteiger partial charge in [0.25, 0.3) is 0 Å². The van der Waals surface area contributed by atoms with Gasteiger partial charge in [-0.3, -0.25) is 4.79 Å². The second-order valence-corrected chi connectivity index (χ2v) is 3.05. The molecule has 0 aromatic heterocycles. The second-order valence-electron chi connectivity index (χ2n) is 3.05. The van der Waals surface area contributed by atoms with Gasteiger partial charge < -0.3 is 15.2 Å². The van der Waals surface area contributed by atoms with Gasteiger partial charge in [0.05, 0.1) is 18.8 Å². The van der Waals surface area contributed by atoms with Crippen molar-refractivity contribution in [2.75, 3.05) is 13.2 Å². The number of hydrogen-bond acceptors (Lipinski definition) is 3. The van der Waals surface area contributed by atoms with Crippen molar-refractivity contribution in [3.05, 3.63) is 12.7 Å². The zero-order chi connectivity index (χ0) is 9.68. The molecule has 1 saturated heterocycles. The summed E-state index contributed by atoms with van der Waals surface area (Å²) in [6.07, 6.45) is 3.03. The summed E-state index contributed by atoms with van der Waals surface area (Å²) in [5, 5.41) is 11.6. The van der Waals surface area contributed by atoms with E-state index in [2.05, 4.69) is 11.9 Å². The van der Waals surface area contributed by atoms with Crippen LogP contribution in [-0.4, -0.2) is 36.4 Å². The molecule has 1 rings (SSSR count). The third kappa shape index (κ3) is 2.82. The van der Waals surface area contributed by atoms with E-state index >= 15 is 0 Å². The Hall–Kier alpha value is -0.870. The first-order valence-corrected chi connectivity index (χ1v) is 4.43. The highest BCUT2D eigenvalue weighted by Gasteiger charge is 2.25. The molecular formula is C9H15NO3. The smallest absolute Gasteiger partial charge is 0.243 e. The van der Waals surface area contributed by atoms with Crippen molar-refractivity contribution in [1.29, 1.82) is 0 Å². The van der Waals surface area contributed by atoms with E-state index in [0.717, 1.165) is 12.8 Å². The minimum Gasteiger partial charge on any atom is -0.394 e. The van der Waals surface area contributed by atoms with Gasteiger partial charge in [0, 0.05) is 6.61 Å². The molecule has 0 aromatic carbocycles. The highest BCUT2D eigenvalue weighted by Crippen LogP contribution is 2.15. The van der Waals surface area contributed by atoms with E-state index in [4.69, 9.17) is 9.84 Å². The van der Waals surface area contributed by atoms with Crippen molar-refractivity contribution in [3.63, 3.8) is 0 Å². The summed E-state index contributed by atoms with van der Waals surface area (Å²) in [5.74, 6) is -0.269. The summed E-state index contributed by atoms with van der Waals surface area (Å²) in [5.41, 5.74) is 0. The number of carbonyl (C=O) groups is 1. The number of rotatable bonds is 4. The van der Waals surface area contributed by atoms with Crippen molar-refractivity contribution in [1.82, 2.24) is 5.32 Å². The van der Waals surface area contributed by atoms with Gasteiger partial charge in [0.15, 0.2) is 0 Å². The lowest BCUT2D eigenvalue weighted by Crippen LogP contribution is -2.44. The predicted molar refractivity (Wildman–Crippen MR) is 48.2 cm³/mol. The molecule has 0 bridgehead atoms. The maximum atomic E-state index is 10.9. The van der Waals surface area contributed by atoms with Crippen molar-refractivity contribution in [2.24, 2.45) is 0 Å². The zero-order valence-corrected chi connectivity index (χ0v) is 7.53. The monoisotopic (exact) mass is 185 g/mol. The molecule has 1 aliphatic heterocycles. The Morgan fingerprint density at radius 3 is 3.08 bits per heavy atom. The molecule has 2 N–H and O–H groups in total. The standard InChI is InChI=1S/C9H15NO3/c1-2-9(12)10-7(6-11)8-4-3-5-13-8/h2,7-8,11H,1,3-6H2,(H,10,12)/t7-,8-/m0/s1. The number of nitrogens with one attached hydrogen (secondary N) is 1. The Morgan fingerprint density at radius 2 is 2.62 bits per heavy atom. The van der Waals surface area contributed by atoms with E-state index in [1.165, 1.54) is 6.08 Å². The highest BCUT2D eigenvalue weighted by atomic mass is 16.5. The second kappa shape index (κ2) is 4.99. The van der Waals surface area contributed by atoms with Gasteiger partial charge in [-0.15, -0.1) is 0 Å². The molecule has 0 aliphatic carbocycles. The lowest BCUT2D eigenvalue weighted by atomic mass is 10.1. The van der Waals surface area contributed by atoms with Crippen LogP contribution in [0.2, 0.25) is 0 Å². The molecule has 4 nitrogen and oxygen atoms in total. The van der Waals surface area contributed by atoms with Gasteiger partial charge >= 0.3 is 0 Å². The fourth-order valence-corrected chi connectivity index (χ4v) is 1.42. The fraction of sp³-hybridized carbons (Fsp3) is 0.667. The zero-order valence-electron chi connectivity index (χ0n) is 7.53. The summed E-state index contributed by atoms with van der Waals surface area (Å²) in [4.78, 5) is 10.9. The fourth-order valence-electron chi connectivity index (χ4n) is 1.42. The molecule has 0 saturated carbocycles. The van der Waals surface area contributed by atoms with Crippen LogP contribution in [0.4, 0.5) is 0 Å². The minimum atomic E-state index is -0.298. The Kier molecular flexibility index (Phi) is 3.92. The van der Waals surface area contributed by atoms with Gasteiger partial charge in [-0.1, -0.05) is 6.58 Å². The molecule has 1 fully saturated rings. The molecule has 4 heteroatoms. The first-order valence-electron chi connectivity index (χ1n) is 4.43. The van der Waals surface area contributed by atoms with E-state index in [1.54, 1.807) is 0 Å². The van der Waals surface area contributed by atoms with E-state index in [1.807, 2.05) is 0 Å².